The smallest absolute Gasteiger partial charge is 0.339 e. The van der Waals surface area contributed by atoms with Crippen LogP contribution in [0, 0.1) is 10.1 Å². The largest absolute Gasteiger partial charge is 0.454 e. The molecule has 0 N–H and O–H groups in total. The second-order valence-corrected chi connectivity index (χ2v) is 7.72. The Morgan fingerprint density at radius 2 is 1.69 bits per heavy atom. The van der Waals surface area contributed by atoms with Crippen LogP contribution >= 0.6 is 0 Å². The van der Waals surface area contributed by atoms with E-state index < -0.39 is 23.3 Å². The lowest BCUT2D eigenvalue weighted by Gasteiger charge is -2.12. The number of ketones is 1. The molecule has 0 aliphatic heterocycles. The first-order valence-electron chi connectivity index (χ1n) is 10.3. The van der Waals surface area contributed by atoms with E-state index in [4.69, 9.17) is 4.74 Å². The lowest BCUT2D eigenvalue weighted by atomic mass is 10.00. The molecule has 1 heterocycles. The summed E-state index contributed by atoms with van der Waals surface area (Å²) in [4.78, 5) is 41.5. The van der Waals surface area contributed by atoms with Crippen LogP contribution in [0.2, 0.25) is 0 Å². The van der Waals surface area contributed by atoms with Gasteiger partial charge in [-0.15, -0.1) is 0 Å². The molecule has 5 rings (SSSR count). The number of carbonyl (C=O) groups excluding carboxylic acids is 2. The van der Waals surface area contributed by atoms with Crippen LogP contribution in [0.1, 0.15) is 38.4 Å². The van der Waals surface area contributed by atoms with E-state index in [0.29, 0.717) is 21.7 Å². The van der Waals surface area contributed by atoms with Gasteiger partial charge in [0.05, 0.1) is 21.4 Å². The number of non-ortho nitro benzene ring substituents is 1. The highest BCUT2D eigenvalue weighted by Gasteiger charge is 2.25. The van der Waals surface area contributed by atoms with Crippen molar-refractivity contribution in [2.45, 2.75) is 19.3 Å². The second kappa shape index (κ2) is 7.85. The number of esters is 1. The highest BCUT2D eigenvalue weighted by molar-refractivity contribution is 6.12. The number of nitro groups is 1. The Morgan fingerprint density at radius 3 is 2.53 bits per heavy atom. The number of benzene rings is 3. The van der Waals surface area contributed by atoms with E-state index in [-0.39, 0.29) is 11.3 Å². The number of rotatable bonds is 5. The molecule has 1 aliphatic carbocycles. The van der Waals surface area contributed by atoms with E-state index >= 15 is 0 Å². The molecule has 3 aromatic carbocycles. The molecule has 7 heteroatoms. The summed E-state index contributed by atoms with van der Waals surface area (Å²) in [6.07, 6.45) is 2.49. The van der Waals surface area contributed by atoms with E-state index in [1.54, 1.807) is 24.3 Å². The molecule has 1 aliphatic rings. The number of nitro benzene ring substituents is 1. The third kappa shape index (κ3) is 3.28. The van der Waals surface area contributed by atoms with E-state index in [9.17, 15) is 19.7 Å². The molecule has 7 nitrogen and oxygen atoms in total. The number of carbonyl (C=O) groups is 2. The van der Waals surface area contributed by atoms with Gasteiger partial charge in [-0.1, -0.05) is 42.5 Å². The summed E-state index contributed by atoms with van der Waals surface area (Å²) in [7, 11) is 0. The Kier molecular flexibility index (Phi) is 4.86. The van der Waals surface area contributed by atoms with Crippen LogP contribution < -0.4 is 0 Å². The van der Waals surface area contributed by atoms with Crippen molar-refractivity contribution in [3.8, 4) is 0 Å². The van der Waals surface area contributed by atoms with E-state index in [2.05, 4.69) is 4.98 Å². The number of para-hydroxylation sites is 1. The van der Waals surface area contributed by atoms with E-state index in [0.717, 1.165) is 36.0 Å². The van der Waals surface area contributed by atoms with Gasteiger partial charge < -0.3 is 4.74 Å². The average Bonchev–Trinajstić information content (AvgIpc) is 3.27. The Morgan fingerprint density at radius 1 is 0.938 bits per heavy atom. The lowest BCUT2D eigenvalue weighted by molar-refractivity contribution is -0.383. The minimum atomic E-state index is -0.554. The Hall–Kier alpha value is -4.13. The zero-order valence-corrected chi connectivity index (χ0v) is 17.0. The van der Waals surface area contributed by atoms with Crippen molar-refractivity contribution in [3.63, 3.8) is 0 Å². The van der Waals surface area contributed by atoms with Gasteiger partial charge in [-0.25, -0.2) is 4.79 Å². The zero-order chi connectivity index (χ0) is 22.2. The normalized spacial score (nSPS) is 12.6. The molecule has 0 bridgehead atoms. The van der Waals surface area contributed by atoms with Gasteiger partial charge in [0.2, 0.25) is 5.78 Å². The monoisotopic (exact) mass is 426 g/mol. The molecule has 0 unspecified atom stereocenters. The van der Waals surface area contributed by atoms with Crippen molar-refractivity contribution in [1.82, 2.24) is 4.98 Å². The van der Waals surface area contributed by atoms with Gasteiger partial charge in [-0.3, -0.25) is 19.9 Å². The van der Waals surface area contributed by atoms with Crippen molar-refractivity contribution in [2.24, 2.45) is 0 Å². The number of Topliss-reactive ketones (excluding diaryl/α,β-unsaturated/α-hetero) is 1. The minimum Gasteiger partial charge on any atom is -0.454 e. The van der Waals surface area contributed by atoms with Crippen molar-refractivity contribution in [2.75, 3.05) is 6.61 Å². The van der Waals surface area contributed by atoms with Crippen molar-refractivity contribution in [1.29, 1.82) is 0 Å². The maximum absolute atomic E-state index is 13.1. The van der Waals surface area contributed by atoms with Crippen LogP contribution in [0.25, 0.3) is 21.7 Å². The Labute approximate surface area is 182 Å². The summed E-state index contributed by atoms with van der Waals surface area (Å²) < 4.78 is 5.45. The fourth-order valence-electron chi connectivity index (χ4n) is 4.42. The molecular formula is C25H18N2O5. The van der Waals surface area contributed by atoms with Gasteiger partial charge in [-0.2, -0.15) is 0 Å². The number of hydrogen-bond acceptors (Lipinski definition) is 6. The van der Waals surface area contributed by atoms with Crippen LogP contribution in [-0.4, -0.2) is 28.3 Å². The highest BCUT2D eigenvalue weighted by atomic mass is 16.6. The first-order chi connectivity index (χ1) is 15.5. The van der Waals surface area contributed by atoms with E-state index in [1.807, 2.05) is 24.3 Å². The lowest BCUT2D eigenvalue weighted by Crippen LogP contribution is -2.16. The Balaban J connectivity index is 1.46. The van der Waals surface area contributed by atoms with Gasteiger partial charge in [0.25, 0.3) is 5.69 Å². The zero-order valence-electron chi connectivity index (χ0n) is 17.0. The topological polar surface area (TPSA) is 99.4 Å². The van der Waals surface area contributed by atoms with Gasteiger partial charge in [0.1, 0.15) is 0 Å². The SMILES string of the molecule is O=C(OCC(=O)c1cccc2c([N+](=O)[O-])cccc12)c1c2c(nc3ccccc13)CCC2. The molecule has 4 aromatic rings. The highest BCUT2D eigenvalue weighted by Crippen LogP contribution is 2.31. The number of pyridine rings is 1. The van der Waals surface area contributed by atoms with Crippen molar-refractivity contribution < 1.29 is 19.2 Å². The predicted octanol–water partition coefficient (Wildman–Crippen LogP) is 4.82. The predicted molar refractivity (Wildman–Crippen MR) is 119 cm³/mol. The molecule has 0 saturated carbocycles. The molecule has 0 radical (unpaired) electrons. The molecule has 0 saturated heterocycles. The maximum Gasteiger partial charge on any atom is 0.339 e. The second-order valence-electron chi connectivity index (χ2n) is 7.72. The third-order valence-corrected chi connectivity index (χ3v) is 5.85. The van der Waals surface area contributed by atoms with Crippen LogP contribution in [0.4, 0.5) is 5.69 Å². The Bertz CT molecular complexity index is 1430. The van der Waals surface area contributed by atoms with Crippen LogP contribution in [0.3, 0.4) is 0 Å². The minimum absolute atomic E-state index is 0.0760. The molecule has 0 atom stereocenters. The summed E-state index contributed by atoms with van der Waals surface area (Å²) in [6, 6.07) is 16.8. The van der Waals surface area contributed by atoms with Gasteiger partial charge in [0.15, 0.2) is 6.61 Å². The molecular weight excluding hydrogens is 408 g/mol. The number of aryl methyl sites for hydroxylation is 1. The molecule has 0 fully saturated rings. The summed E-state index contributed by atoms with van der Waals surface area (Å²) in [5, 5.41) is 12.9. The fourth-order valence-corrected chi connectivity index (χ4v) is 4.42. The maximum atomic E-state index is 13.1. The summed E-state index contributed by atoms with van der Waals surface area (Å²) in [6.45, 7) is -0.452. The standard InChI is InChI=1S/C25H18N2O5/c28-23(17-9-3-8-16-15(17)7-5-13-22(16)27(30)31)14-32-25(29)24-18-6-1-2-11-20(18)26-21-12-4-10-19(21)24/h1-3,5-9,11,13H,4,10,12,14H2. The summed E-state index contributed by atoms with van der Waals surface area (Å²) in [5.41, 5.74) is 3.21. The van der Waals surface area contributed by atoms with Gasteiger partial charge >= 0.3 is 5.97 Å². The molecule has 0 amide bonds. The van der Waals surface area contributed by atoms with Gasteiger partial charge in [-0.05, 0) is 42.3 Å². The number of nitrogens with zero attached hydrogens (tertiary/aromatic N) is 2. The molecule has 32 heavy (non-hydrogen) atoms. The van der Waals surface area contributed by atoms with Crippen molar-refractivity contribution >= 4 is 39.1 Å². The van der Waals surface area contributed by atoms with Crippen LogP contribution in [0.5, 0.6) is 0 Å². The molecule has 158 valence electrons. The average molecular weight is 426 g/mol. The van der Waals surface area contributed by atoms with Crippen LogP contribution in [-0.2, 0) is 17.6 Å². The number of hydrogen-bond donors (Lipinski definition) is 0. The molecule has 0 spiro atoms. The number of aromatic nitrogens is 1. The van der Waals surface area contributed by atoms with E-state index in [1.165, 1.54) is 12.1 Å². The van der Waals surface area contributed by atoms with Crippen molar-refractivity contribution in [3.05, 3.63) is 93.2 Å². The van der Waals surface area contributed by atoms with Gasteiger partial charge in [0, 0.05) is 22.7 Å². The quantitative estimate of drug-likeness (QED) is 0.196. The summed E-state index contributed by atoms with van der Waals surface area (Å²) >= 11 is 0. The fraction of sp³-hybridized carbons (Fsp3) is 0.160. The summed E-state index contributed by atoms with van der Waals surface area (Å²) in [5.74, 6) is -0.972. The molecule has 1 aromatic heterocycles. The first-order valence-corrected chi connectivity index (χ1v) is 10.3. The number of ether oxygens (including phenoxy) is 1. The first kappa shape index (κ1) is 19.8. The third-order valence-electron chi connectivity index (χ3n) is 5.85. The number of fused-ring (bicyclic) bond motifs is 3. The van der Waals surface area contributed by atoms with Crippen LogP contribution in [0.15, 0.2) is 60.7 Å².